The molecule has 0 unspecified atom stereocenters. The molecule has 0 radical (unpaired) electrons. The third-order valence-electron chi connectivity index (χ3n) is 4.93. The minimum Gasteiger partial charge on any atom is -0.350 e. The topological polar surface area (TPSA) is 78.4 Å². The fourth-order valence-corrected chi connectivity index (χ4v) is 3.13. The molecule has 1 saturated heterocycles. The van der Waals surface area contributed by atoms with E-state index in [1.807, 2.05) is 17.3 Å². The Morgan fingerprint density at radius 3 is 2.57 bits per heavy atom. The van der Waals surface area contributed by atoms with Gasteiger partial charge in [0.25, 0.3) is 5.91 Å². The number of amides is 2. The molecule has 1 aliphatic heterocycles. The molecule has 1 N–H and O–H groups in total. The molecule has 146 valence electrons. The van der Waals surface area contributed by atoms with Gasteiger partial charge in [-0.3, -0.25) is 9.59 Å². The van der Waals surface area contributed by atoms with E-state index in [0.29, 0.717) is 24.6 Å². The average molecular weight is 379 g/mol. The fourth-order valence-electron chi connectivity index (χ4n) is 3.13. The minimum atomic E-state index is -0.193. The largest absolute Gasteiger partial charge is 0.350 e. The Morgan fingerprint density at radius 2 is 1.96 bits per heavy atom. The van der Waals surface area contributed by atoms with Gasteiger partial charge in [0.15, 0.2) is 0 Å². The molecule has 1 aromatic heterocycles. The Kier molecular flexibility index (Phi) is 6.03. The quantitative estimate of drug-likeness (QED) is 0.781. The van der Waals surface area contributed by atoms with Gasteiger partial charge in [0, 0.05) is 49.8 Å². The van der Waals surface area contributed by atoms with E-state index in [1.54, 1.807) is 31.3 Å². The van der Waals surface area contributed by atoms with Gasteiger partial charge in [-0.1, -0.05) is 13.5 Å². The highest BCUT2D eigenvalue weighted by atomic mass is 16.2. The average Bonchev–Trinajstić information content (AvgIpc) is 3.21. The Bertz CT molecular complexity index is 848. The van der Waals surface area contributed by atoms with Crippen LogP contribution in [0.3, 0.4) is 0 Å². The van der Waals surface area contributed by atoms with E-state index in [-0.39, 0.29) is 17.9 Å². The van der Waals surface area contributed by atoms with Crippen LogP contribution in [0, 0.1) is 0 Å². The Hall–Kier alpha value is -3.22. The minimum absolute atomic E-state index is 0.0178. The lowest BCUT2D eigenvalue weighted by molar-refractivity contribution is -0.113. The van der Waals surface area contributed by atoms with Crippen LogP contribution < -0.4 is 10.2 Å². The van der Waals surface area contributed by atoms with Crippen LogP contribution in [0.1, 0.15) is 29.3 Å². The van der Waals surface area contributed by atoms with Crippen LogP contribution in [-0.4, -0.2) is 52.9 Å². The summed E-state index contributed by atoms with van der Waals surface area (Å²) in [6, 6.07) is 7.16. The summed E-state index contributed by atoms with van der Waals surface area (Å²) < 4.78 is 0. The zero-order valence-electron chi connectivity index (χ0n) is 16.3. The lowest BCUT2D eigenvalue weighted by Crippen LogP contribution is -2.32. The lowest BCUT2D eigenvalue weighted by atomic mass is 10.1. The molecule has 1 aliphatic rings. The summed E-state index contributed by atoms with van der Waals surface area (Å²) in [7, 11) is 1.67. The highest BCUT2D eigenvalue weighted by Gasteiger charge is 2.27. The number of aromatic nitrogens is 2. The molecule has 3 rings (SSSR count). The van der Waals surface area contributed by atoms with Gasteiger partial charge in [-0.05, 0) is 48.7 Å². The Morgan fingerprint density at radius 1 is 1.29 bits per heavy atom. The van der Waals surface area contributed by atoms with Crippen molar-refractivity contribution in [3.8, 4) is 0 Å². The third kappa shape index (κ3) is 4.36. The van der Waals surface area contributed by atoms with Crippen LogP contribution in [0.5, 0.6) is 0 Å². The molecule has 0 aliphatic carbocycles. The number of nitrogens with one attached hydrogen (secondary N) is 1. The maximum absolute atomic E-state index is 12.8. The number of likely N-dealkylation sites (tertiary alicyclic amines) is 1. The molecular weight excluding hydrogens is 354 g/mol. The number of carbonyl (C=O) groups is 2. The van der Waals surface area contributed by atoms with Gasteiger partial charge < -0.3 is 15.1 Å². The molecule has 0 bridgehead atoms. The first-order valence-electron chi connectivity index (χ1n) is 9.38. The van der Waals surface area contributed by atoms with Crippen molar-refractivity contribution in [3.63, 3.8) is 0 Å². The summed E-state index contributed by atoms with van der Waals surface area (Å²) in [5.41, 5.74) is 2.42. The zero-order chi connectivity index (χ0) is 20.1. The number of aryl methyl sites for hydroxylation is 1. The van der Waals surface area contributed by atoms with Gasteiger partial charge in [-0.2, -0.15) is 0 Å². The number of anilines is 2. The first-order chi connectivity index (χ1) is 13.5. The smallest absolute Gasteiger partial charge is 0.253 e. The molecule has 7 nitrogen and oxygen atoms in total. The molecule has 28 heavy (non-hydrogen) atoms. The molecule has 0 saturated carbocycles. The standard InChI is InChI=1S/C21H25N5O2/c1-4-15-12-22-21(23-13-15)24-17-10-11-26(14-17)20(28)16-6-8-18(9-7-16)25(3)19(27)5-2/h5-9,12-13,17H,2,4,10-11,14H2,1,3H3,(H,22,23,24)/t17-/m1/s1. The number of nitrogens with zero attached hydrogens (tertiary/aromatic N) is 4. The summed E-state index contributed by atoms with van der Waals surface area (Å²) in [4.78, 5) is 36.4. The summed E-state index contributed by atoms with van der Waals surface area (Å²) >= 11 is 0. The number of hydrogen-bond acceptors (Lipinski definition) is 5. The molecule has 2 heterocycles. The monoisotopic (exact) mass is 379 g/mol. The van der Waals surface area contributed by atoms with E-state index >= 15 is 0 Å². The molecule has 1 atom stereocenters. The highest BCUT2D eigenvalue weighted by molar-refractivity contribution is 6.01. The second-order valence-corrected chi connectivity index (χ2v) is 6.80. The normalized spacial score (nSPS) is 15.9. The summed E-state index contributed by atoms with van der Waals surface area (Å²) in [5, 5.41) is 3.30. The molecular formula is C21H25N5O2. The fraction of sp³-hybridized carbons (Fsp3) is 0.333. The van der Waals surface area contributed by atoms with Crippen molar-refractivity contribution in [2.45, 2.75) is 25.8 Å². The van der Waals surface area contributed by atoms with Gasteiger partial charge in [0.2, 0.25) is 11.9 Å². The highest BCUT2D eigenvalue weighted by Crippen LogP contribution is 2.19. The van der Waals surface area contributed by atoms with Crippen molar-refractivity contribution in [2.75, 3.05) is 30.4 Å². The van der Waals surface area contributed by atoms with Crippen molar-refractivity contribution in [2.24, 2.45) is 0 Å². The Balaban J connectivity index is 1.59. The van der Waals surface area contributed by atoms with E-state index in [2.05, 4.69) is 28.8 Å². The number of likely N-dealkylation sites (N-methyl/N-ethyl adjacent to an activating group) is 1. The first kappa shape index (κ1) is 19.5. The van der Waals surface area contributed by atoms with Crippen molar-refractivity contribution in [1.82, 2.24) is 14.9 Å². The van der Waals surface area contributed by atoms with Crippen LogP contribution in [0.2, 0.25) is 0 Å². The van der Waals surface area contributed by atoms with E-state index in [9.17, 15) is 9.59 Å². The van der Waals surface area contributed by atoms with Crippen molar-refractivity contribution < 1.29 is 9.59 Å². The van der Waals surface area contributed by atoms with Gasteiger partial charge in [0.05, 0.1) is 0 Å². The predicted molar refractivity (Wildman–Crippen MR) is 109 cm³/mol. The van der Waals surface area contributed by atoms with Crippen LogP contribution in [0.15, 0.2) is 49.3 Å². The van der Waals surface area contributed by atoms with Gasteiger partial charge >= 0.3 is 0 Å². The van der Waals surface area contributed by atoms with Crippen molar-refractivity contribution in [1.29, 1.82) is 0 Å². The van der Waals surface area contributed by atoms with E-state index in [1.165, 1.54) is 11.0 Å². The van der Waals surface area contributed by atoms with Gasteiger partial charge in [-0.25, -0.2) is 9.97 Å². The van der Waals surface area contributed by atoms with E-state index in [4.69, 9.17) is 0 Å². The number of benzene rings is 1. The molecule has 7 heteroatoms. The van der Waals surface area contributed by atoms with Crippen LogP contribution in [0.4, 0.5) is 11.6 Å². The van der Waals surface area contributed by atoms with Gasteiger partial charge in [-0.15, -0.1) is 0 Å². The van der Waals surface area contributed by atoms with Crippen LogP contribution in [-0.2, 0) is 11.2 Å². The van der Waals surface area contributed by atoms with E-state index in [0.717, 1.165) is 24.1 Å². The van der Waals surface area contributed by atoms with Crippen LogP contribution in [0.25, 0.3) is 0 Å². The Labute approximate surface area is 165 Å². The summed E-state index contributed by atoms with van der Waals surface area (Å²) in [6.07, 6.45) is 6.66. The maximum Gasteiger partial charge on any atom is 0.253 e. The third-order valence-corrected chi connectivity index (χ3v) is 4.93. The summed E-state index contributed by atoms with van der Waals surface area (Å²) in [5.74, 6) is 0.383. The summed E-state index contributed by atoms with van der Waals surface area (Å²) in [6.45, 7) is 6.83. The predicted octanol–water partition coefficient (Wildman–Crippen LogP) is 2.51. The number of rotatable bonds is 6. The second kappa shape index (κ2) is 8.65. The van der Waals surface area contributed by atoms with Crippen molar-refractivity contribution >= 4 is 23.5 Å². The maximum atomic E-state index is 12.8. The molecule has 2 aromatic rings. The van der Waals surface area contributed by atoms with Crippen molar-refractivity contribution in [3.05, 3.63) is 60.4 Å². The first-order valence-corrected chi connectivity index (χ1v) is 9.38. The SMILES string of the molecule is C=CC(=O)N(C)c1ccc(C(=O)N2CC[C@@H](Nc3ncc(CC)cn3)C2)cc1. The molecule has 0 spiro atoms. The molecule has 1 fully saturated rings. The number of hydrogen-bond donors (Lipinski definition) is 1. The molecule has 1 aromatic carbocycles. The second-order valence-electron chi connectivity index (χ2n) is 6.80. The zero-order valence-corrected chi connectivity index (χ0v) is 16.3. The van der Waals surface area contributed by atoms with E-state index < -0.39 is 0 Å². The van der Waals surface area contributed by atoms with Gasteiger partial charge in [0.1, 0.15) is 0 Å². The van der Waals surface area contributed by atoms with Crippen LogP contribution >= 0.6 is 0 Å². The lowest BCUT2D eigenvalue weighted by Gasteiger charge is -2.19. The number of carbonyl (C=O) groups excluding carboxylic acids is 2. The molecule has 2 amide bonds.